The van der Waals surface area contributed by atoms with Gasteiger partial charge in [0.2, 0.25) is 5.91 Å². The average molecular weight is 183 g/mol. The van der Waals surface area contributed by atoms with E-state index in [0.29, 0.717) is 18.5 Å². The Bertz CT molecular complexity index is 219. The van der Waals surface area contributed by atoms with E-state index in [9.17, 15) is 4.79 Å². The fraction of sp³-hybridized carbons (Fsp3) is 0.889. The number of carbonyl (C=O) groups is 1. The first-order chi connectivity index (χ1) is 6.24. The molecule has 0 unspecified atom stereocenters. The number of hydrogen-bond acceptors (Lipinski definition) is 3. The molecular formula is C9H17N3O. The van der Waals surface area contributed by atoms with Crippen molar-refractivity contribution >= 4 is 5.91 Å². The molecule has 0 aliphatic carbocycles. The molecule has 2 N–H and O–H groups in total. The molecule has 2 heterocycles. The van der Waals surface area contributed by atoms with E-state index in [0.717, 1.165) is 26.1 Å². The van der Waals surface area contributed by atoms with Crippen LogP contribution in [0.15, 0.2) is 0 Å². The lowest BCUT2D eigenvalue weighted by Gasteiger charge is -2.19. The number of fused-ring (bicyclic) bond motifs is 1. The van der Waals surface area contributed by atoms with Gasteiger partial charge in [-0.3, -0.25) is 4.79 Å². The molecule has 1 amide bonds. The Morgan fingerprint density at radius 1 is 1.62 bits per heavy atom. The number of rotatable bonds is 2. The molecule has 2 saturated heterocycles. The molecule has 4 nitrogen and oxygen atoms in total. The van der Waals surface area contributed by atoms with Gasteiger partial charge >= 0.3 is 0 Å². The van der Waals surface area contributed by atoms with Crippen molar-refractivity contribution < 1.29 is 4.79 Å². The van der Waals surface area contributed by atoms with Crippen LogP contribution in [-0.2, 0) is 4.79 Å². The van der Waals surface area contributed by atoms with Gasteiger partial charge in [0.1, 0.15) is 0 Å². The number of hydrogen-bond donors (Lipinski definition) is 1. The molecule has 74 valence electrons. The summed E-state index contributed by atoms with van der Waals surface area (Å²) in [4.78, 5) is 16.0. The first-order valence-electron chi connectivity index (χ1n) is 4.93. The maximum atomic E-state index is 11.8. The molecule has 2 aliphatic heterocycles. The Kier molecular flexibility index (Phi) is 2.26. The van der Waals surface area contributed by atoms with E-state index in [4.69, 9.17) is 5.73 Å². The molecule has 0 saturated carbocycles. The van der Waals surface area contributed by atoms with E-state index in [1.54, 1.807) is 0 Å². The van der Waals surface area contributed by atoms with Crippen molar-refractivity contribution in [2.45, 2.75) is 12.5 Å². The number of likely N-dealkylation sites (N-methyl/N-ethyl adjacent to an activating group) is 1. The zero-order valence-corrected chi connectivity index (χ0v) is 8.07. The molecule has 0 aromatic carbocycles. The fourth-order valence-electron chi connectivity index (χ4n) is 2.47. The summed E-state index contributed by atoms with van der Waals surface area (Å²) < 4.78 is 0. The van der Waals surface area contributed by atoms with Crippen LogP contribution in [0.1, 0.15) is 6.42 Å². The molecule has 4 heteroatoms. The van der Waals surface area contributed by atoms with Crippen LogP contribution < -0.4 is 5.73 Å². The van der Waals surface area contributed by atoms with Gasteiger partial charge < -0.3 is 15.5 Å². The van der Waals surface area contributed by atoms with Crippen molar-refractivity contribution in [2.24, 2.45) is 11.7 Å². The van der Waals surface area contributed by atoms with E-state index >= 15 is 0 Å². The Labute approximate surface area is 78.7 Å². The molecule has 2 rings (SSSR count). The summed E-state index contributed by atoms with van der Waals surface area (Å²) in [7, 11) is 2.10. The van der Waals surface area contributed by atoms with Crippen LogP contribution in [-0.4, -0.2) is 55.0 Å². The smallest absolute Gasteiger partial charge is 0.227 e. The van der Waals surface area contributed by atoms with Crippen molar-refractivity contribution in [3.63, 3.8) is 0 Å². The van der Waals surface area contributed by atoms with E-state index in [1.807, 2.05) is 4.90 Å². The molecule has 0 aromatic rings. The third kappa shape index (κ3) is 1.34. The molecular weight excluding hydrogens is 166 g/mol. The predicted molar refractivity (Wildman–Crippen MR) is 50.2 cm³/mol. The highest BCUT2D eigenvalue weighted by atomic mass is 16.2. The summed E-state index contributed by atoms with van der Waals surface area (Å²) in [5.74, 6) is 0.580. The third-order valence-electron chi connectivity index (χ3n) is 3.26. The lowest BCUT2D eigenvalue weighted by Crippen LogP contribution is -2.35. The van der Waals surface area contributed by atoms with Crippen LogP contribution >= 0.6 is 0 Å². The van der Waals surface area contributed by atoms with Gasteiger partial charge in [0.25, 0.3) is 0 Å². The van der Waals surface area contributed by atoms with E-state index in [2.05, 4.69) is 11.9 Å². The third-order valence-corrected chi connectivity index (χ3v) is 3.26. The Morgan fingerprint density at radius 2 is 2.38 bits per heavy atom. The first kappa shape index (κ1) is 8.97. The largest absolute Gasteiger partial charge is 0.340 e. The van der Waals surface area contributed by atoms with Gasteiger partial charge in [-0.2, -0.15) is 0 Å². The molecule has 0 spiro atoms. The topological polar surface area (TPSA) is 49.6 Å². The van der Waals surface area contributed by atoms with Gasteiger partial charge in [0.05, 0.1) is 5.92 Å². The standard InChI is InChI=1S/C9H17N3O/c1-11-4-2-7-8(11)6-12(5-3-10)9(7)13/h7-8H,2-6,10H2,1H3/t7-,8+/m1/s1. The second kappa shape index (κ2) is 3.27. The Hall–Kier alpha value is -0.610. The Balaban J connectivity index is 2.05. The number of likely N-dealkylation sites (tertiary alicyclic amines) is 2. The molecule has 0 radical (unpaired) electrons. The van der Waals surface area contributed by atoms with E-state index in [1.165, 1.54) is 0 Å². The quantitative estimate of drug-likeness (QED) is 0.604. The number of carbonyl (C=O) groups excluding carboxylic acids is 1. The lowest BCUT2D eigenvalue weighted by atomic mass is 10.0. The van der Waals surface area contributed by atoms with Crippen molar-refractivity contribution in [3.05, 3.63) is 0 Å². The second-order valence-electron chi connectivity index (χ2n) is 4.02. The lowest BCUT2D eigenvalue weighted by molar-refractivity contribution is -0.130. The maximum absolute atomic E-state index is 11.8. The number of nitrogens with zero attached hydrogens (tertiary/aromatic N) is 2. The van der Waals surface area contributed by atoms with Crippen LogP contribution in [0.25, 0.3) is 0 Å². The summed E-state index contributed by atoms with van der Waals surface area (Å²) in [6.07, 6.45) is 1.03. The minimum atomic E-state index is 0.261. The Morgan fingerprint density at radius 3 is 3.00 bits per heavy atom. The molecule has 0 aromatic heterocycles. The van der Waals surface area contributed by atoms with Crippen LogP contribution in [0.4, 0.5) is 0 Å². The summed E-state index contributed by atoms with van der Waals surface area (Å²) in [6, 6.07) is 0.457. The molecule has 2 aliphatic rings. The minimum Gasteiger partial charge on any atom is -0.340 e. The van der Waals surface area contributed by atoms with E-state index < -0.39 is 0 Å². The van der Waals surface area contributed by atoms with Gasteiger partial charge in [-0.25, -0.2) is 0 Å². The van der Waals surface area contributed by atoms with Crippen LogP contribution in [0, 0.1) is 5.92 Å². The highest BCUT2D eigenvalue weighted by Crippen LogP contribution is 2.30. The minimum absolute atomic E-state index is 0.261. The number of nitrogens with two attached hydrogens (primary N) is 1. The van der Waals surface area contributed by atoms with Crippen molar-refractivity contribution in [1.29, 1.82) is 0 Å². The highest BCUT2D eigenvalue weighted by Gasteiger charge is 2.45. The molecule has 2 atom stereocenters. The van der Waals surface area contributed by atoms with Gasteiger partial charge in [-0.05, 0) is 20.0 Å². The number of amides is 1. The molecule has 13 heavy (non-hydrogen) atoms. The first-order valence-corrected chi connectivity index (χ1v) is 4.93. The molecule has 0 bridgehead atoms. The monoisotopic (exact) mass is 183 g/mol. The van der Waals surface area contributed by atoms with Crippen molar-refractivity contribution in [2.75, 3.05) is 33.2 Å². The molecule has 2 fully saturated rings. The van der Waals surface area contributed by atoms with Gasteiger partial charge in [0, 0.05) is 25.7 Å². The zero-order valence-electron chi connectivity index (χ0n) is 8.07. The van der Waals surface area contributed by atoms with Crippen LogP contribution in [0.5, 0.6) is 0 Å². The average Bonchev–Trinajstić information content (AvgIpc) is 2.59. The predicted octanol–water partition coefficient (Wildman–Crippen LogP) is -0.892. The summed E-state index contributed by atoms with van der Waals surface area (Å²) >= 11 is 0. The zero-order chi connectivity index (χ0) is 9.42. The summed E-state index contributed by atoms with van der Waals surface area (Å²) in [5.41, 5.74) is 5.45. The van der Waals surface area contributed by atoms with Crippen molar-refractivity contribution in [3.8, 4) is 0 Å². The van der Waals surface area contributed by atoms with Gasteiger partial charge in [0.15, 0.2) is 0 Å². The summed E-state index contributed by atoms with van der Waals surface area (Å²) in [6.45, 7) is 3.25. The second-order valence-corrected chi connectivity index (χ2v) is 4.02. The highest BCUT2D eigenvalue weighted by molar-refractivity contribution is 5.82. The van der Waals surface area contributed by atoms with Gasteiger partial charge in [-0.15, -0.1) is 0 Å². The normalized spacial score (nSPS) is 34.3. The van der Waals surface area contributed by atoms with E-state index in [-0.39, 0.29) is 5.92 Å². The van der Waals surface area contributed by atoms with Crippen LogP contribution in [0.3, 0.4) is 0 Å². The maximum Gasteiger partial charge on any atom is 0.227 e. The SMILES string of the molecule is CN1CC[C@H]2C(=O)N(CCN)C[C@@H]21. The van der Waals surface area contributed by atoms with Crippen molar-refractivity contribution in [1.82, 2.24) is 9.80 Å². The summed E-state index contributed by atoms with van der Waals surface area (Å²) in [5, 5.41) is 0. The van der Waals surface area contributed by atoms with Gasteiger partial charge in [-0.1, -0.05) is 0 Å². The van der Waals surface area contributed by atoms with Crippen LogP contribution in [0.2, 0.25) is 0 Å². The fourth-order valence-corrected chi connectivity index (χ4v) is 2.47.